The van der Waals surface area contributed by atoms with Crippen molar-refractivity contribution in [2.45, 2.75) is 13.8 Å². The summed E-state index contributed by atoms with van der Waals surface area (Å²) in [5.41, 5.74) is 8.22. The minimum atomic E-state index is 0.366. The van der Waals surface area contributed by atoms with Crippen LogP contribution in [0.4, 0.5) is 11.4 Å². The van der Waals surface area contributed by atoms with E-state index >= 15 is 0 Å². The van der Waals surface area contributed by atoms with Gasteiger partial charge in [-0.05, 0) is 36.2 Å². The molecule has 0 fully saturated rings. The molecule has 0 aliphatic rings. The molecule has 3 nitrogen and oxygen atoms in total. The second-order valence-electron chi connectivity index (χ2n) is 2.54. The zero-order valence-electron chi connectivity index (χ0n) is 6.59. The van der Waals surface area contributed by atoms with Gasteiger partial charge in [0, 0.05) is 0 Å². The maximum absolute atomic E-state index is 10.3. The van der Waals surface area contributed by atoms with E-state index < -0.39 is 0 Å². The number of nitrogens with zero attached hydrogens (tertiary/aromatic N) is 1. The van der Waals surface area contributed by atoms with Crippen molar-refractivity contribution in [3.8, 4) is 0 Å². The summed E-state index contributed by atoms with van der Waals surface area (Å²) in [6, 6.07) is 3.57. The van der Waals surface area contributed by atoms with Crippen LogP contribution in [0.15, 0.2) is 17.3 Å². The second-order valence-corrected chi connectivity index (χ2v) is 2.54. The van der Waals surface area contributed by atoms with E-state index in [1.165, 1.54) is 0 Å². The molecule has 0 saturated heterocycles. The number of aryl methyl sites for hydroxylation is 1. The zero-order chi connectivity index (χ0) is 8.43. The summed E-state index contributed by atoms with van der Waals surface area (Å²) in [5.74, 6) is 0. The zero-order valence-corrected chi connectivity index (χ0v) is 6.59. The molecule has 0 spiro atoms. The Morgan fingerprint density at radius 3 is 2.45 bits per heavy atom. The van der Waals surface area contributed by atoms with Crippen LogP contribution in [-0.4, -0.2) is 0 Å². The molecule has 0 aliphatic heterocycles. The molecule has 1 rings (SSSR count). The summed E-state index contributed by atoms with van der Waals surface area (Å²) in [5, 5.41) is 2.86. The molecular weight excluding hydrogens is 140 g/mol. The SMILES string of the molecule is Cc1ccc(N)c(N=O)c1C. The van der Waals surface area contributed by atoms with Gasteiger partial charge in [0.1, 0.15) is 5.69 Å². The molecular formula is C8H10N2O. The Morgan fingerprint density at radius 1 is 1.36 bits per heavy atom. The van der Waals surface area contributed by atoms with Crippen molar-refractivity contribution in [1.29, 1.82) is 0 Å². The topological polar surface area (TPSA) is 55.4 Å². The Bertz CT molecular complexity index is 294. The van der Waals surface area contributed by atoms with Crippen molar-refractivity contribution in [3.05, 3.63) is 28.2 Å². The van der Waals surface area contributed by atoms with Crippen molar-refractivity contribution in [2.24, 2.45) is 5.18 Å². The first kappa shape index (κ1) is 7.72. The van der Waals surface area contributed by atoms with Crippen LogP contribution >= 0.6 is 0 Å². The van der Waals surface area contributed by atoms with E-state index in [0.29, 0.717) is 11.4 Å². The van der Waals surface area contributed by atoms with Crippen LogP contribution in [0.25, 0.3) is 0 Å². The fourth-order valence-corrected chi connectivity index (χ4v) is 0.943. The van der Waals surface area contributed by atoms with Gasteiger partial charge in [0.2, 0.25) is 0 Å². The van der Waals surface area contributed by atoms with E-state index in [4.69, 9.17) is 5.73 Å². The summed E-state index contributed by atoms with van der Waals surface area (Å²) < 4.78 is 0. The van der Waals surface area contributed by atoms with Gasteiger partial charge >= 0.3 is 0 Å². The number of nitrogens with two attached hydrogens (primary N) is 1. The Balaban J connectivity index is 3.40. The maximum atomic E-state index is 10.3. The number of rotatable bonds is 1. The molecule has 3 heteroatoms. The van der Waals surface area contributed by atoms with E-state index in [0.717, 1.165) is 11.1 Å². The lowest BCUT2D eigenvalue weighted by atomic mass is 10.1. The highest BCUT2D eigenvalue weighted by molar-refractivity contribution is 5.67. The van der Waals surface area contributed by atoms with Gasteiger partial charge < -0.3 is 5.73 Å². The lowest BCUT2D eigenvalue weighted by Crippen LogP contribution is -1.89. The molecule has 0 radical (unpaired) electrons. The van der Waals surface area contributed by atoms with E-state index in [2.05, 4.69) is 5.18 Å². The van der Waals surface area contributed by atoms with Crippen LogP contribution < -0.4 is 5.73 Å². The molecule has 0 bridgehead atoms. The van der Waals surface area contributed by atoms with Gasteiger partial charge in [-0.25, -0.2) is 0 Å². The molecule has 0 aliphatic carbocycles. The van der Waals surface area contributed by atoms with Gasteiger partial charge in [-0.3, -0.25) is 0 Å². The lowest BCUT2D eigenvalue weighted by molar-refractivity contribution is 1.31. The van der Waals surface area contributed by atoms with E-state index in [1.54, 1.807) is 6.07 Å². The molecule has 0 aromatic heterocycles. The third-order valence-corrected chi connectivity index (χ3v) is 1.82. The number of hydrogen-bond donors (Lipinski definition) is 1. The predicted molar refractivity (Wildman–Crippen MR) is 45.8 cm³/mol. The van der Waals surface area contributed by atoms with Crippen LogP contribution in [0.1, 0.15) is 11.1 Å². The van der Waals surface area contributed by atoms with Gasteiger partial charge in [0.15, 0.2) is 0 Å². The summed E-state index contributed by atoms with van der Waals surface area (Å²) in [6.07, 6.45) is 0. The quantitative estimate of drug-likeness (QED) is 0.493. The average Bonchev–Trinajstić information content (AvgIpc) is 1.99. The molecule has 0 amide bonds. The first-order valence-corrected chi connectivity index (χ1v) is 3.36. The van der Waals surface area contributed by atoms with Crippen molar-refractivity contribution in [1.82, 2.24) is 0 Å². The highest BCUT2D eigenvalue weighted by atomic mass is 16.3. The summed E-state index contributed by atoms with van der Waals surface area (Å²) in [6.45, 7) is 3.76. The summed E-state index contributed by atoms with van der Waals surface area (Å²) in [4.78, 5) is 10.3. The van der Waals surface area contributed by atoms with E-state index in [-0.39, 0.29) is 0 Å². The standard InChI is InChI=1S/C8H10N2O/c1-5-3-4-7(9)8(10-11)6(5)2/h3-4H,9H2,1-2H3. The highest BCUT2D eigenvalue weighted by Crippen LogP contribution is 2.27. The van der Waals surface area contributed by atoms with Gasteiger partial charge in [0.05, 0.1) is 5.69 Å². The van der Waals surface area contributed by atoms with Crippen LogP contribution in [0.5, 0.6) is 0 Å². The Labute approximate surface area is 65.2 Å². The first-order chi connectivity index (χ1) is 5.16. The van der Waals surface area contributed by atoms with Crippen molar-refractivity contribution in [3.63, 3.8) is 0 Å². The van der Waals surface area contributed by atoms with Gasteiger partial charge in [-0.15, -0.1) is 4.91 Å². The van der Waals surface area contributed by atoms with Gasteiger partial charge in [-0.1, -0.05) is 6.07 Å². The number of nitrogen functional groups attached to an aromatic ring is 1. The Morgan fingerprint density at radius 2 is 2.00 bits per heavy atom. The van der Waals surface area contributed by atoms with Crippen molar-refractivity contribution >= 4 is 11.4 Å². The molecule has 0 unspecified atom stereocenters. The normalized spacial score (nSPS) is 9.64. The summed E-state index contributed by atoms with van der Waals surface area (Å²) >= 11 is 0. The first-order valence-electron chi connectivity index (χ1n) is 3.36. The second kappa shape index (κ2) is 2.70. The van der Waals surface area contributed by atoms with E-state index in [1.807, 2.05) is 19.9 Å². The van der Waals surface area contributed by atoms with Crippen molar-refractivity contribution < 1.29 is 0 Å². The van der Waals surface area contributed by atoms with Crippen molar-refractivity contribution in [2.75, 3.05) is 5.73 Å². The Hall–Kier alpha value is -1.38. The number of hydrogen-bond acceptors (Lipinski definition) is 3. The Kier molecular flexibility index (Phi) is 1.89. The van der Waals surface area contributed by atoms with Crippen LogP contribution in [-0.2, 0) is 0 Å². The predicted octanol–water partition coefficient (Wildman–Crippen LogP) is 2.28. The minimum Gasteiger partial charge on any atom is -0.397 e. The van der Waals surface area contributed by atoms with Crippen LogP contribution in [0.3, 0.4) is 0 Å². The van der Waals surface area contributed by atoms with Gasteiger partial charge in [0.25, 0.3) is 0 Å². The molecule has 11 heavy (non-hydrogen) atoms. The molecule has 0 atom stereocenters. The average molecular weight is 150 g/mol. The number of benzene rings is 1. The molecule has 2 N–H and O–H groups in total. The van der Waals surface area contributed by atoms with Crippen LogP contribution in [0, 0.1) is 18.8 Å². The van der Waals surface area contributed by atoms with Gasteiger partial charge in [-0.2, -0.15) is 0 Å². The lowest BCUT2D eigenvalue weighted by Gasteiger charge is -2.03. The molecule has 0 heterocycles. The fourth-order valence-electron chi connectivity index (χ4n) is 0.943. The van der Waals surface area contributed by atoms with E-state index in [9.17, 15) is 4.91 Å². The number of nitroso groups, excluding NO2 is 1. The third-order valence-electron chi connectivity index (χ3n) is 1.82. The molecule has 1 aromatic rings. The number of anilines is 1. The molecule has 0 saturated carbocycles. The molecule has 1 aromatic carbocycles. The summed E-state index contributed by atoms with van der Waals surface area (Å²) in [7, 11) is 0. The highest BCUT2D eigenvalue weighted by Gasteiger charge is 2.04. The fraction of sp³-hybridized carbons (Fsp3) is 0.250. The maximum Gasteiger partial charge on any atom is 0.134 e. The van der Waals surface area contributed by atoms with Crippen LogP contribution in [0.2, 0.25) is 0 Å². The minimum absolute atomic E-state index is 0.366. The third kappa shape index (κ3) is 1.22. The monoisotopic (exact) mass is 150 g/mol. The largest absolute Gasteiger partial charge is 0.397 e. The smallest absolute Gasteiger partial charge is 0.134 e. The molecule has 58 valence electrons.